The van der Waals surface area contributed by atoms with Crippen molar-refractivity contribution in [2.45, 2.75) is 13.5 Å². The van der Waals surface area contributed by atoms with Crippen molar-refractivity contribution in [1.82, 2.24) is 10.3 Å². The monoisotopic (exact) mass is 349 g/mol. The Hall–Kier alpha value is -2.79. The summed E-state index contributed by atoms with van der Waals surface area (Å²) in [6.45, 7) is 5.97. The molecule has 0 saturated carbocycles. The molecule has 1 aromatic heterocycles. The number of carbonyl (C=O) groups excluding carboxylic acids is 1. The van der Waals surface area contributed by atoms with Gasteiger partial charge in [-0.25, -0.2) is 0 Å². The quantitative estimate of drug-likeness (QED) is 0.760. The predicted molar refractivity (Wildman–Crippen MR) is 104 cm³/mol. The van der Waals surface area contributed by atoms with E-state index < -0.39 is 0 Å². The van der Waals surface area contributed by atoms with Crippen LogP contribution in [0.15, 0.2) is 48.5 Å². The molecule has 1 saturated heterocycles. The van der Waals surface area contributed by atoms with Gasteiger partial charge < -0.3 is 19.9 Å². The molecule has 2 aromatic carbocycles. The van der Waals surface area contributed by atoms with Crippen molar-refractivity contribution in [1.29, 1.82) is 0 Å². The number of H-pyrrole nitrogens is 1. The van der Waals surface area contributed by atoms with Crippen LogP contribution >= 0.6 is 0 Å². The molecule has 0 atom stereocenters. The van der Waals surface area contributed by atoms with Crippen molar-refractivity contribution in [3.05, 3.63) is 65.4 Å². The first-order valence-electron chi connectivity index (χ1n) is 8.98. The summed E-state index contributed by atoms with van der Waals surface area (Å²) < 4.78 is 5.39. The van der Waals surface area contributed by atoms with E-state index >= 15 is 0 Å². The van der Waals surface area contributed by atoms with Crippen LogP contribution in [0.2, 0.25) is 0 Å². The van der Waals surface area contributed by atoms with Gasteiger partial charge in [0.1, 0.15) is 5.69 Å². The zero-order chi connectivity index (χ0) is 17.9. The smallest absolute Gasteiger partial charge is 0.267 e. The summed E-state index contributed by atoms with van der Waals surface area (Å²) in [4.78, 5) is 17.9. The highest BCUT2D eigenvalue weighted by molar-refractivity contribution is 5.98. The van der Waals surface area contributed by atoms with Crippen molar-refractivity contribution in [3.63, 3.8) is 0 Å². The highest BCUT2D eigenvalue weighted by Crippen LogP contribution is 2.18. The second-order valence-electron chi connectivity index (χ2n) is 6.72. The Morgan fingerprint density at radius 1 is 1.12 bits per heavy atom. The zero-order valence-corrected chi connectivity index (χ0v) is 14.9. The summed E-state index contributed by atoms with van der Waals surface area (Å²) >= 11 is 0. The van der Waals surface area contributed by atoms with Crippen LogP contribution in [-0.2, 0) is 11.3 Å². The largest absolute Gasteiger partial charge is 0.378 e. The lowest BCUT2D eigenvalue weighted by Crippen LogP contribution is -2.36. The Kier molecular flexibility index (Phi) is 4.63. The Morgan fingerprint density at radius 2 is 1.88 bits per heavy atom. The van der Waals surface area contributed by atoms with Crippen LogP contribution in [-0.4, -0.2) is 37.2 Å². The average molecular weight is 349 g/mol. The summed E-state index contributed by atoms with van der Waals surface area (Å²) in [5.41, 5.74) is 5.05. The third-order valence-electron chi connectivity index (χ3n) is 4.79. The maximum absolute atomic E-state index is 12.4. The number of aromatic nitrogens is 1. The second-order valence-corrected chi connectivity index (χ2v) is 6.72. The molecule has 0 unspecified atom stereocenters. The summed E-state index contributed by atoms with van der Waals surface area (Å²) in [6, 6.07) is 16.4. The van der Waals surface area contributed by atoms with Gasteiger partial charge in [0.05, 0.1) is 13.2 Å². The number of aryl methyl sites for hydroxylation is 1. The van der Waals surface area contributed by atoms with Gasteiger partial charge in [0.2, 0.25) is 0 Å². The van der Waals surface area contributed by atoms with Crippen molar-refractivity contribution in [3.8, 4) is 0 Å². The van der Waals surface area contributed by atoms with Crippen LogP contribution in [0.4, 0.5) is 5.69 Å². The molecule has 1 amide bonds. The molecule has 0 aliphatic carbocycles. The number of morpholine rings is 1. The minimum Gasteiger partial charge on any atom is -0.378 e. The van der Waals surface area contributed by atoms with E-state index in [4.69, 9.17) is 4.74 Å². The summed E-state index contributed by atoms with van der Waals surface area (Å²) in [5, 5.41) is 4.04. The number of nitrogens with one attached hydrogen (secondary N) is 2. The number of carbonyl (C=O) groups is 1. The molecule has 2 heterocycles. The normalized spacial score (nSPS) is 14.6. The number of amides is 1. The van der Waals surface area contributed by atoms with Crippen LogP contribution in [0.1, 0.15) is 21.6 Å². The number of benzene rings is 2. The van der Waals surface area contributed by atoms with Gasteiger partial charge in [-0.3, -0.25) is 4.79 Å². The maximum atomic E-state index is 12.4. The average Bonchev–Trinajstić information content (AvgIpc) is 3.10. The van der Waals surface area contributed by atoms with Crippen molar-refractivity contribution >= 4 is 22.5 Å². The van der Waals surface area contributed by atoms with Crippen LogP contribution < -0.4 is 10.2 Å². The lowest BCUT2D eigenvalue weighted by atomic mass is 10.2. The molecule has 0 spiro atoms. The van der Waals surface area contributed by atoms with Crippen LogP contribution in [0.25, 0.3) is 10.9 Å². The number of fused-ring (bicyclic) bond motifs is 1. The van der Waals surface area contributed by atoms with E-state index in [1.54, 1.807) is 0 Å². The van der Waals surface area contributed by atoms with E-state index in [1.165, 1.54) is 11.3 Å². The number of anilines is 1. The minimum atomic E-state index is -0.0869. The fourth-order valence-corrected chi connectivity index (χ4v) is 3.29. The first-order chi connectivity index (χ1) is 12.7. The van der Waals surface area contributed by atoms with E-state index in [0.29, 0.717) is 12.2 Å². The molecule has 0 radical (unpaired) electrons. The van der Waals surface area contributed by atoms with E-state index in [1.807, 2.05) is 25.1 Å². The first-order valence-corrected chi connectivity index (χ1v) is 8.98. The number of hydrogen-bond donors (Lipinski definition) is 2. The van der Waals surface area contributed by atoms with Gasteiger partial charge >= 0.3 is 0 Å². The molecule has 1 fully saturated rings. The number of nitrogens with zero attached hydrogens (tertiary/aromatic N) is 1. The molecule has 2 N–H and O–H groups in total. The predicted octanol–water partition coefficient (Wildman–Crippen LogP) is 3.24. The van der Waals surface area contributed by atoms with Crippen molar-refractivity contribution in [2.24, 2.45) is 0 Å². The molecule has 3 aromatic rings. The first kappa shape index (κ1) is 16.7. The second kappa shape index (κ2) is 7.22. The molecule has 1 aliphatic heterocycles. The summed E-state index contributed by atoms with van der Waals surface area (Å²) in [5.74, 6) is -0.0869. The van der Waals surface area contributed by atoms with E-state index in [0.717, 1.165) is 42.8 Å². The molecule has 26 heavy (non-hydrogen) atoms. The Bertz CT molecular complexity index is 909. The number of rotatable bonds is 4. The Labute approximate surface area is 153 Å². The Morgan fingerprint density at radius 3 is 2.65 bits per heavy atom. The van der Waals surface area contributed by atoms with Crippen LogP contribution in [0, 0.1) is 6.92 Å². The molecule has 1 aliphatic rings. The molecule has 134 valence electrons. The van der Waals surface area contributed by atoms with Gasteiger partial charge in [-0.1, -0.05) is 24.3 Å². The fraction of sp³-hybridized carbons (Fsp3) is 0.286. The molecular formula is C21H23N3O2. The van der Waals surface area contributed by atoms with Crippen LogP contribution in [0.3, 0.4) is 0 Å². The highest BCUT2D eigenvalue weighted by Gasteiger charge is 2.12. The van der Waals surface area contributed by atoms with Gasteiger partial charge in [-0.05, 0) is 42.3 Å². The molecular weight excluding hydrogens is 326 g/mol. The van der Waals surface area contributed by atoms with Gasteiger partial charge in [-0.2, -0.15) is 0 Å². The third-order valence-corrected chi connectivity index (χ3v) is 4.79. The Balaban J connectivity index is 1.38. The van der Waals surface area contributed by atoms with Crippen molar-refractivity contribution in [2.75, 3.05) is 31.2 Å². The highest BCUT2D eigenvalue weighted by atomic mass is 16.5. The fourth-order valence-electron chi connectivity index (χ4n) is 3.29. The minimum absolute atomic E-state index is 0.0869. The lowest BCUT2D eigenvalue weighted by Gasteiger charge is -2.28. The van der Waals surface area contributed by atoms with E-state index in [9.17, 15) is 4.79 Å². The summed E-state index contributed by atoms with van der Waals surface area (Å²) in [6.07, 6.45) is 0. The number of ether oxygens (including phenoxy) is 1. The SMILES string of the molecule is Cc1ccc2cc(C(=O)NCc3ccc(N4CCOCC4)cc3)[nH]c2c1. The third kappa shape index (κ3) is 3.58. The number of aromatic amines is 1. The molecule has 4 rings (SSSR count). The van der Waals surface area contributed by atoms with E-state index in [-0.39, 0.29) is 5.91 Å². The van der Waals surface area contributed by atoms with Crippen molar-refractivity contribution < 1.29 is 9.53 Å². The van der Waals surface area contributed by atoms with Gasteiger partial charge in [0, 0.05) is 36.2 Å². The standard InChI is InChI=1S/C21H23N3O2/c1-15-2-5-17-13-20(23-19(17)12-15)21(25)22-14-16-3-6-18(7-4-16)24-8-10-26-11-9-24/h2-7,12-13,23H,8-11,14H2,1H3,(H,22,25). The van der Waals surface area contributed by atoms with Crippen LogP contribution in [0.5, 0.6) is 0 Å². The van der Waals surface area contributed by atoms with Gasteiger partial charge in [-0.15, -0.1) is 0 Å². The van der Waals surface area contributed by atoms with Gasteiger partial charge in [0.25, 0.3) is 5.91 Å². The lowest BCUT2D eigenvalue weighted by molar-refractivity contribution is 0.0946. The summed E-state index contributed by atoms with van der Waals surface area (Å²) in [7, 11) is 0. The molecule has 0 bridgehead atoms. The molecule has 5 heteroatoms. The topological polar surface area (TPSA) is 57.4 Å². The van der Waals surface area contributed by atoms with E-state index in [2.05, 4.69) is 45.5 Å². The maximum Gasteiger partial charge on any atom is 0.267 e. The van der Waals surface area contributed by atoms with Gasteiger partial charge in [0.15, 0.2) is 0 Å². The zero-order valence-electron chi connectivity index (χ0n) is 14.9. The molecule has 5 nitrogen and oxygen atoms in total. The number of hydrogen-bond acceptors (Lipinski definition) is 3.